The first-order valence-corrected chi connectivity index (χ1v) is 6.75. The van der Waals surface area contributed by atoms with Crippen LogP contribution in [-0.4, -0.2) is 19.2 Å². The Bertz CT molecular complexity index is 378. The molecule has 1 aliphatic rings. The highest BCUT2D eigenvalue weighted by Gasteiger charge is 2.17. The van der Waals surface area contributed by atoms with Gasteiger partial charge in [-0.25, -0.2) is 0 Å². The normalized spacial score (nSPS) is 20.3. The van der Waals surface area contributed by atoms with Crippen LogP contribution in [0.15, 0.2) is 18.2 Å². The SMILES string of the molecule is CCC(C)c1ccc(OC2CCNC2)c(Cl)c1.Cl. The molecule has 2 rings (SSSR count). The Morgan fingerprint density at radius 3 is 2.83 bits per heavy atom. The Morgan fingerprint density at radius 1 is 1.50 bits per heavy atom. The number of ether oxygens (including phenoxy) is 1. The molecule has 0 amide bonds. The summed E-state index contributed by atoms with van der Waals surface area (Å²) in [5, 5.41) is 4.01. The van der Waals surface area contributed by atoms with Crippen molar-refractivity contribution in [2.45, 2.75) is 38.7 Å². The average molecular weight is 290 g/mol. The van der Waals surface area contributed by atoms with E-state index in [4.69, 9.17) is 16.3 Å². The molecule has 2 nitrogen and oxygen atoms in total. The molecule has 0 saturated carbocycles. The molecule has 18 heavy (non-hydrogen) atoms. The van der Waals surface area contributed by atoms with Crippen molar-refractivity contribution in [2.75, 3.05) is 13.1 Å². The van der Waals surface area contributed by atoms with E-state index < -0.39 is 0 Å². The monoisotopic (exact) mass is 289 g/mol. The van der Waals surface area contributed by atoms with E-state index in [1.54, 1.807) is 0 Å². The molecule has 1 heterocycles. The lowest BCUT2D eigenvalue weighted by Crippen LogP contribution is -2.19. The van der Waals surface area contributed by atoms with Crippen LogP contribution in [0.5, 0.6) is 5.75 Å². The van der Waals surface area contributed by atoms with Gasteiger partial charge in [-0.3, -0.25) is 0 Å². The molecule has 1 N–H and O–H groups in total. The van der Waals surface area contributed by atoms with Gasteiger partial charge < -0.3 is 10.1 Å². The van der Waals surface area contributed by atoms with Crippen LogP contribution < -0.4 is 10.1 Å². The van der Waals surface area contributed by atoms with Gasteiger partial charge in [0.1, 0.15) is 11.9 Å². The zero-order chi connectivity index (χ0) is 12.3. The van der Waals surface area contributed by atoms with Crippen LogP contribution >= 0.6 is 24.0 Å². The molecule has 1 fully saturated rings. The van der Waals surface area contributed by atoms with Crippen LogP contribution in [0.4, 0.5) is 0 Å². The van der Waals surface area contributed by atoms with Gasteiger partial charge in [-0.1, -0.05) is 31.5 Å². The summed E-state index contributed by atoms with van der Waals surface area (Å²) >= 11 is 6.26. The summed E-state index contributed by atoms with van der Waals surface area (Å²) in [7, 11) is 0. The fourth-order valence-electron chi connectivity index (χ4n) is 2.06. The minimum atomic E-state index is 0. The van der Waals surface area contributed by atoms with Crippen molar-refractivity contribution in [3.8, 4) is 5.75 Å². The Kier molecular flexibility index (Phi) is 6.27. The zero-order valence-electron chi connectivity index (χ0n) is 10.9. The number of halogens is 2. The minimum absolute atomic E-state index is 0. The highest BCUT2D eigenvalue weighted by atomic mass is 35.5. The summed E-state index contributed by atoms with van der Waals surface area (Å²) in [6, 6.07) is 6.16. The van der Waals surface area contributed by atoms with E-state index in [0.717, 1.165) is 36.7 Å². The van der Waals surface area contributed by atoms with E-state index >= 15 is 0 Å². The molecule has 4 heteroatoms. The molecule has 2 atom stereocenters. The first kappa shape index (κ1) is 15.6. The van der Waals surface area contributed by atoms with Gasteiger partial charge in [0.2, 0.25) is 0 Å². The maximum absolute atomic E-state index is 6.26. The van der Waals surface area contributed by atoms with Crippen molar-refractivity contribution in [3.63, 3.8) is 0 Å². The third kappa shape index (κ3) is 3.78. The van der Waals surface area contributed by atoms with Crippen molar-refractivity contribution < 1.29 is 4.74 Å². The molecule has 0 spiro atoms. The molecule has 1 aromatic carbocycles. The van der Waals surface area contributed by atoms with Gasteiger partial charge in [-0.05, 0) is 43.0 Å². The highest BCUT2D eigenvalue weighted by molar-refractivity contribution is 6.32. The molecule has 1 saturated heterocycles. The Morgan fingerprint density at radius 2 is 2.28 bits per heavy atom. The first-order chi connectivity index (χ1) is 8.20. The second-order valence-electron chi connectivity index (χ2n) is 4.73. The predicted molar refractivity (Wildman–Crippen MR) is 79.3 cm³/mol. The van der Waals surface area contributed by atoms with Crippen molar-refractivity contribution in [1.29, 1.82) is 0 Å². The molecule has 0 aromatic heterocycles. The maximum atomic E-state index is 6.26. The van der Waals surface area contributed by atoms with Gasteiger partial charge in [-0.15, -0.1) is 12.4 Å². The molecule has 2 unspecified atom stereocenters. The lowest BCUT2D eigenvalue weighted by molar-refractivity contribution is 0.223. The molecule has 1 aromatic rings. The van der Waals surface area contributed by atoms with Gasteiger partial charge in [-0.2, -0.15) is 0 Å². The second kappa shape index (κ2) is 7.22. The Labute approximate surface area is 120 Å². The van der Waals surface area contributed by atoms with E-state index in [0.29, 0.717) is 5.92 Å². The van der Waals surface area contributed by atoms with E-state index in [1.165, 1.54) is 5.56 Å². The number of rotatable bonds is 4. The number of hydrogen-bond acceptors (Lipinski definition) is 2. The van der Waals surface area contributed by atoms with Gasteiger partial charge in [0.05, 0.1) is 5.02 Å². The smallest absolute Gasteiger partial charge is 0.138 e. The van der Waals surface area contributed by atoms with Crippen LogP contribution in [0, 0.1) is 0 Å². The largest absolute Gasteiger partial charge is 0.487 e. The molecule has 0 radical (unpaired) electrons. The molecular weight excluding hydrogens is 269 g/mol. The van der Waals surface area contributed by atoms with Crippen molar-refractivity contribution >= 4 is 24.0 Å². The summed E-state index contributed by atoms with van der Waals surface area (Å²) in [6.07, 6.45) is 2.45. The lowest BCUT2D eigenvalue weighted by Gasteiger charge is -2.16. The standard InChI is InChI=1S/C14H20ClNO.ClH/c1-3-10(2)11-4-5-14(13(15)8-11)17-12-6-7-16-9-12;/h4-5,8,10,12,16H,3,6-7,9H2,1-2H3;1H. The number of benzene rings is 1. The van der Waals surface area contributed by atoms with Gasteiger partial charge >= 0.3 is 0 Å². The fourth-order valence-corrected chi connectivity index (χ4v) is 2.30. The average Bonchev–Trinajstić information content (AvgIpc) is 2.83. The summed E-state index contributed by atoms with van der Waals surface area (Å²) in [6.45, 7) is 6.36. The van der Waals surface area contributed by atoms with E-state index in [2.05, 4.69) is 25.2 Å². The van der Waals surface area contributed by atoms with Gasteiger partial charge in [0, 0.05) is 6.54 Å². The number of hydrogen-bond donors (Lipinski definition) is 1. The van der Waals surface area contributed by atoms with E-state index in [1.807, 2.05) is 12.1 Å². The highest BCUT2D eigenvalue weighted by Crippen LogP contribution is 2.30. The van der Waals surface area contributed by atoms with Crippen molar-refractivity contribution in [1.82, 2.24) is 5.32 Å². The van der Waals surface area contributed by atoms with Crippen LogP contribution in [0.25, 0.3) is 0 Å². The van der Waals surface area contributed by atoms with Gasteiger partial charge in [0.15, 0.2) is 0 Å². The third-order valence-corrected chi connectivity index (χ3v) is 3.74. The van der Waals surface area contributed by atoms with E-state index in [9.17, 15) is 0 Å². The minimum Gasteiger partial charge on any atom is -0.487 e. The third-order valence-electron chi connectivity index (χ3n) is 3.45. The zero-order valence-corrected chi connectivity index (χ0v) is 12.5. The van der Waals surface area contributed by atoms with Crippen molar-refractivity contribution in [2.24, 2.45) is 0 Å². The Hall–Kier alpha value is -0.440. The number of nitrogens with one attached hydrogen (secondary N) is 1. The maximum Gasteiger partial charge on any atom is 0.138 e. The summed E-state index contributed by atoms with van der Waals surface area (Å²) in [5.41, 5.74) is 1.29. The molecule has 0 aliphatic carbocycles. The molecule has 1 aliphatic heterocycles. The topological polar surface area (TPSA) is 21.3 Å². The summed E-state index contributed by atoms with van der Waals surface area (Å²) in [5.74, 6) is 1.36. The van der Waals surface area contributed by atoms with Crippen LogP contribution in [0.2, 0.25) is 5.02 Å². The lowest BCUT2D eigenvalue weighted by atomic mass is 9.99. The van der Waals surface area contributed by atoms with Crippen LogP contribution in [0.3, 0.4) is 0 Å². The van der Waals surface area contributed by atoms with E-state index in [-0.39, 0.29) is 18.5 Å². The van der Waals surface area contributed by atoms with Gasteiger partial charge in [0.25, 0.3) is 0 Å². The molecule has 102 valence electrons. The summed E-state index contributed by atoms with van der Waals surface area (Å²) in [4.78, 5) is 0. The quantitative estimate of drug-likeness (QED) is 0.904. The Balaban J connectivity index is 0.00000162. The second-order valence-corrected chi connectivity index (χ2v) is 5.14. The van der Waals surface area contributed by atoms with Crippen LogP contribution in [-0.2, 0) is 0 Å². The molecular formula is C14H21Cl2NO. The fraction of sp³-hybridized carbons (Fsp3) is 0.571. The summed E-state index contributed by atoms with van der Waals surface area (Å²) < 4.78 is 5.88. The van der Waals surface area contributed by atoms with Crippen molar-refractivity contribution in [3.05, 3.63) is 28.8 Å². The first-order valence-electron chi connectivity index (χ1n) is 6.37. The molecule has 0 bridgehead atoms. The van der Waals surface area contributed by atoms with Crippen LogP contribution in [0.1, 0.15) is 38.2 Å². The predicted octanol–water partition coefficient (Wildman–Crippen LogP) is 4.02.